The summed E-state index contributed by atoms with van der Waals surface area (Å²) in [6.07, 6.45) is 0.516. The van der Waals surface area contributed by atoms with E-state index in [4.69, 9.17) is 5.11 Å². The molecular weight excluding hydrogens is 304 g/mol. The molecule has 22 heavy (non-hydrogen) atoms. The van der Waals surface area contributed by atoms with Gasteiger partial charge in [-0.15, -0.1) is 0 Å². The number of carboxylic acids is 1. The molecule has 0 radical (unpaired) electrons. The van der Waals surface area contributed by atoms with Crippen molar-refractivity contribution in [3.05, 3.63) is 53.3 Å². The molecule has 0 atom stereocenters. The van der Waals surface area contributed by atoms with Crippen molar-refractivity contribution in [2.45, 2.75) is 17.9 Å². The second-order valence-electron chi connectivity index (χ2n) is 5.27. The SMILES string of the molecule is Cn1c(C(=O)O)cc2c1CN(S(=O)(=O)c1ccccc1)CC2. The molecule has 0 bridgehead atoms. The number of carbonyl (C=O) groups is 1. The summed E-state index contributed by atoms with van der Waals surface area (Å²) in [4.78, 5) is 11.4. The van der Waals surface area contributed by atoms with Crippen LogP contribution in [-0.4, -0.2) is 34.9 Å². The van der Waals surface area contributed by atoms with Gasteiger partial charge >= 0.3 is 5.97 Å². The van der Waals surface area contributed by atoms with Crippen molar-refractivity contribution in [2.24, 2.45) is 7.05 Å². The smallest absolute Gasteiger partial charge is 0.352 e. The minimum atomic E-state index is -3.56. The topological polar surface area (TPSA) is 79.6 Å². The third-order valence-electron chi connectivity index (χ3n) is 4.00. The van der Waals surface area contributed by atoms with Gasteiger partial charge in [-0.3, -0.25) is 0 Å². The Morgan fingerprint density at radius 1 is 1.23 bits per heavy atom. The van der Waals surface area contributed by atoms with E-state index in [9.17, 15) is 13.2 Å². The molecule has 3 rings (SSSR count). The minimum Gasteiger partial charge on any atom is -0.477 e. The maximum atomic E-state index is 12.6. The first-order valence-corrected chi connectivity index (χ1v) is 8.31. The fraction of sp³-hybridized carbons (Fsp3) is 0.267. The normalized spacial score (nSPS) is 15.5. The third kappa shape index (κ3) is 2.32. The summed E-state index contributed by atoms with van der Waals surface area (Å²) >= 11 is 0. The second-order valence-corrected chi connectivity index (χ2v) is 7.21. The Hall–Kier alpha value is -2.12. The highest BCUT2D eigenvalue weighted by Crippen LogP contribution is 2.26. The van der Waals surface area contributed by atoms with Gasteiger partial charge in [0.15, 0.2) is 0 Å². The molecule has 0 spiro atoms. The Bertz CT molecular complexity index is 825. The van der Waals surface area contributed by atoms with Gasteiger partial charge in [0.2, 0.25) is 10.0 Å². The van der Waals surface area contributed by atoms with E-state index < -0.39 is 16.0 Å². The molecule has 1 aromatic heterocycles. The Balaban J connectivity index is 1.96. The molecule has 2 aromatic rings. The van der Waals surface area contributed by atoms with Crippen molar-refractivity contribution in [1.29, 1.82) is 0 Å². The van der Waals surface area contributed by atoms with Crippen LogP contribution in [0.1, 0.15) is 21.7 Å². The summed E-state index contributed by atoms with van der Waals surface area (Å²) < 4.78 is 28.3. The van der Waals surface area contributed by atoms with Crippen molar-refractivity contribution in [1.82, 2.24) is 8.87 Å². The maximum Gasteiger partial charge on any atom is 0.352 e. The number of hydrogen-bond acceptors (Lipinski definition) is 3. The van der Waals surface area contributed by atoms with Gasteiger partial charge in [0.25, 0.3) is 0 Å². The molecule has 1 aromatic carbocycles. The zero-order chi connectivity index (χ0) is 15.9. The highest BCUT2D eigenvalue weighted by atomic mass is 32.2. The average molecular weight is 320 g/mol. The van der Waals surface area contributed by atoms with Crippen LogP contribution < -0.4 is 0 Å². The quantitative estimate of drug-likeness (QED) is 0.929. The molecule has 7 heteroatoms. The summed E-state index contributed by atoms with van der Waals surface area (Å²) in [5.41, 5.74) is 1.83. The fourth-order valence-corrected chi connectivity index (χ4v) is 4.20. The van der Waals surface area contributed by atoms with Crippen LogP contribution in [0.3, 0.4) is 0 Å². The van der Waals surface area contributed by atoms with Crippen LogP contribution in [0.25, 0.3) is 0 Å². The summed E-state index contributed by atoms with van der Waals surface area (Å²) in [7, 11) is -1.91. The molecule has 0 amide bonds. The number of rotatable bonds is 3. The molecule has 2 heterocycles. The highest BCUT2D eigenvalue weighted by Gasteiger charge is 2.31. The summed E-state index contributed by atoms with van der Waals surface area (Å²) in [6.45, 7) is 0.545. The molecule has 0 saturated heterocycles. The van der Waals surface area contributed by atoms with Gasteiger partial charge in [0.1, 0.15) is 5.69 Å². The molecule has 1 aliphatic rings. The fourth-order valence-electron chi connectivity index (χ4n) is 2.77. The van der Waals surface area contributed by atoms with Crippen LogP contribution in [-0.2, 0) is 30.0 Å². The number of sulfonamides is 1. The molecule has 1 aliphatic heterocycles. The largest absolute Gasteiger partial charge is 0.477 e. The van der Waals surface area contributed by atoms with Gasteiger partial charge in [-0.2, -0.15) is 4.31 Å². The van der Waals surface area contributed by atoms with Crippen LogP contribution in [0.4, 0.5) is 0 Å². The molecule has 0 unspecified atom stereocenters. The first-order chi connectivity index (χ1) is 10.4. The van der Waals surface area contributed by atoms with Crippen molar-refractivity contribution in [3.63, 3.8) is 0 Å². The standard InChI is InChI=1S/C15H16N2O4S/c1-16-13(15(18)19)9-11-7-8-17(10-14(11)16)22(20,21)12-5-3-2-4-6-12/h2-6,9H,7-8,10H2,1H3,(H,18,19). The summed E-state index contributed by atoms with van der Waals surface area (Å²) in [5, 5.41) is 9.17. The Kier molecular flexibility index (Phi) is 3.54. The molecule has 0 saturated carbocycles. The minimum absolute atomic E-state index is 0.184. The van der Waals surface area contributed by atoms with E-state index in [0.29, 0.717) is 13.0 Å². The molecule has 6 nitrogen and oxygen atoms in total. The first-order valence-electron chi connectivity index (χ1n) is 6.87. The van der Waals surface area contributed by atoms with E-state index in [-0.39, 0.29) is 17.1 Å². The molecule has 0 aliphatic carbocycles. The lowest BCUT2D eigenvalue weighted by Gasteiger charge is -2.27. The second kappa shape index (κ2) is 5.26. The molecule has 116 valence electrons. The first kappa shape index (κ1) is 14.8. The van der Waals surface area contributed by atoms with Gasteiger partial charge < -0.3 is 9.67 Å². The van der Waals surface area contributed by atoms with Gasteiger partial charge in [0, 0.05) is 19.3 Å². The third-order valence-corrected chi connectivity index (χ3v) is 5.86. The van der Waals surface area contributed by atoms with E-state index in [0.717, 1.165) is 11.3 Å². The van der Waals surface area contributed by atoms with Gasteiger partial charge in [-0.05, 0) is 30.2 Å². The zero-order valence-electron chi connectivity index (χ0n) is 12.1. The van der Waals surface area contributed by atoms with Crippen molar-refractivity contribution in [2.75, 3.05) is 6.54 Å². The lowest BCUT2D eigenvalue weighted by molar-refractivity contribution is 0.0686. The molecule has 0 fully saturated rings. The Morgan fingerprint density at radius 2 is 1.91 bits per heavy atom. The van der Waals surface area contributed by atoms with Crippen LogP contribution >= 0.6 is 0 Å². The van der Waals surface area contributed by atoms with Crippen molar-refractivity contribution >= 4 is 16.0 Å². The maximum absolute atomic E-state index is 12.6. The van der Waals surface area contributed by atoms with Crippen molar-refractivity contribution < 1.29 is 18.3 Å². The van der Waals surface area contributed by atoms with Crippen LogP contribution in [0.5, 0.6) is 0 Å². The number of fused-ring (bicyclic) bond motifs is 1. The van der Waals surface area contributed by atoms with E-state index >= 15 is 0 Å². The van der Waals surface area contributed by atoms with Crippen LogP contribution in [0, 0.1) is 0 Å². The number of aromatic nitrogens is 1. The van der Waals surface area contributed by atoms with Gasteiger partial charge in [-0.25, -0.2) is 13.2 Å². The lowest BCUT2D eigenvalue weighted by atomic mass is 10.1. The highest BCUT2D eigenvalue weighted by molar-refractivity contribution is 7.89. The van der Waals surface area contributed by atoms with E-state index in [1.807, 2.05) is 0 Å². The van der Waals surface area contributed by atoms with E-state index in [1.165, 1.54) is 4.31 Å². The van der Waals surface area contributed by atoms with Crippen molar-refractivity contribution in [3.8, 4) is 0 Å². The monoisotopic (exact) mass is 320 g/mol. The number of hydrogen-bond donors (Lipinski definition) is 1. The van der Waals surface area contributed by atoms with E-state index in [1.54, 1.807) is 48.0 Å². The van der Waals surface area contributed by atoms with E-state index in [2.05, 4.69) is 0 Å². The molecule has 1 N–H and O–H groups in total. The summed E-state index contributed by atoms with van der Waals surface area (Å²) in [6, 6.07) is 9.91. The summed E-state index contributed by atoms with van der Waals surface area (Å²) in [5.74, 6) is -1.01. The number of benzene rings is 1. The Morgan fingerprint density at radius 3 is 2.55 bits per heavy atom. The lowest BCUT2D eigenvalue weighted by Crippen LogP contribution is -2.36. The zero-order valence-corrected chi connectivity index (χ0v) is 12.9. The number of aromatic carboxylic acids is 1. The van der Waals surface area contributed by atoms with Gasteiger partial charge in [0.05, 0.1) is 11.4 Å². The Labute approximate surface area is 128 Å². The number of carboxylic acid groups (broad SMARTS) is 1. The number of nitrogens with zero attached hydrogens (tertiary/aromatic N) is 2. The predicted molar refractivity (Wildman–Crippen MR) is 80.1 cm³/mol. The average Bonchev–Trinajstić information content (AvgIpc) is 2.85. The van der Waals surface area contributed by atoms with Crippen LogP contribution in [0.15, 0.2) is 41.3 Å². The predicted octanol–water partition coefficient (Wildman–Crippen LogP) is 1.47. The van der Waals surface area contributed by atoms with Crippen LogP contribution in [0.2, 0.25) is 0 Å². The molecular formula is C15H16N2O4S. The van der Waals surface area contributed by atoms with Gasteiger partial charge in [-0.1, -0.05) is 18.2 Å².